The van der Waals surface area contributed by atoms with Crippen LogP contribution < -0.4 is 10.9 Å². The van der Waals surface area contributed by atoms with Crippen molar-refractivity contribution < 1.29 is 4.39 Å². The third kappa shape index (κ3) is 3.69. The summed E-state index contributed by atoms with van der Waals surface area (Å²) in [5.74, 6) is 0.0567. The molecule has 2 N–H and O–H groups in total. The Hall–Kier alpha value is -3.54. The lowest BCUT2D eigenvalue weighted by Crippen LogP contribution is -2.16. The van der Waals surface area contributed by atoms with Gasteiger partial charge in [-0.25, -0.2) is 9.37 Å². The van der Waals surface area contributed by atoms with E-state index in [9.17, 15) is 9.18 Å². The lowest BCUT2D eigenvalue weighted by molar-refractivity contribution is 0.628. The van der Waals surface area contributed by atoms with Crippen LogP contribution in [0.1, 0.15) is 5.56 Å². The highest BCUT2D eigenvalue weighted by Gasteiger charge is 2.11. The number of anilines is 1. The molecule has 27 heavy (non-hydrogen) atoms. The number of benzene rings is 2. The average molecular weight is 360 g/mol. The van der Waals surface area contributed by atoms with Crippen LogP contribution in [0.5, 0.6) is 0 Å². The van der Waals surface area contributed by atoms with Crippen LogP contribution in [0.3, 0.4) is 0 Å². The predicted molar refractivity (Wildman–Crippen MR) is 104 cm³/mol. The SMILES string of the molecule is O=c1[nH]c(NCCc2ccccc2)nc2nccc(-c3ccc(F)cc3)c12. The maximum absolute atomic E-state index is 13.2. The Morgan fingerprint density at radius 2 is 1.78 bits per heavy atom. The molecule has 4 rings (SSSR count). The summed E-state index contributed by atoms with van der Waals surface area (Å²) in [5.41, 5.74) is 2.67. The van der Waals surface area contributed by atoms with Crippen molar-refractivity contribution in [3.8, 4) is 11.1 Å². The van der Waals surface area contributed by atoms with Crippen molar-refractivity contribution in [1.29, 1.82) is 0 Å². The molecular formula is C21H17FN4O. The standard InChI is InChI=1S/C21H17FN4O/c22-16-8-6-15(7-9-16)17-11-13-23-19-18(17)20(27)26-21(25-19)24-12-10-14-4-2-1-3-5-14/h1-9,11,13H,10,12H2,(H2,23,24,25,26,27). The van der Waals surface area contributed by atoms with Crippen molar-refractivity contribution in [2.24, 2.45) is 0 Å². The number of hydrogen-bond acceptors (Lipinski definition) is 4. The number of halogens is 1. The van der Waals surface area contributed by atoms with E-state index in [1.807, 2.05) is 18.2 Å². The number of nitrogens with one attached hydrogen (secondary N) is 2. The molecule has 0 radical (unpaired) electrons. The van der Waals surface area contributed by atoms with Crippen LogP contribution in [0.25, 0.3) is 22.2 Å². The molecule has 0 aliphatic rings. The summed E-state index contributed by atoms with van der Waals surface area (Å²) in [6.45, 7) is 0.635. The van der Waals surface area contributed by atoms with Crippen molar-refractivity contribution in [2.75, 3.05) is 11.9 Å². The van der Waals surface area contributed by atoms with E-state index in [-0.39, 0.29) is 11.4 Å². The Labute approximate surface area is 154 Å². The second-order valence-corrected chi connectivity index (χ2v) is 6.14. The van der Waals surface area contributed by atoms with Gasteiger partial charge >= 0.3 is 0 Å². The van der Waals surface area contributed by atoms with Gasteiger partial charge in [-0.2, -0.15) is 4.98 Å². The van der Waals surface area contributed by atoms with Crippen molar-refractivity contribution in [3.63, 3.8) is 0 Å². The van der Waals surface area contributed by atoms with Crippen molar-refractivity contribution in [2.45, 2.75) is 6.42 Å². The minimum Gasteiger partial charge on any atom is -0.355 e. The summed E-state index contributed by atoms with van der Waals surface area (Å²) in [6, 6.07) is 17.8. The minimum atomic E-state index is -0.325. The van der Waals surface area contributed by atoms with Gasteiger partial charge in [-0.15, -0.1) is 0 Å². The number of nitrogens with zero attached hydrogens (tertiary/aromatic N) is 2. The number of H-pyrrole nitrogens is 1. The molecule has 5 nitrogen and oxygen atoms in total. The van der Waals surface area contributed by atoms with Crippen LogP contribution in [-0.4, -0.2) is 21.5 Å². The number of aromatic amines is 1. The van der Waals surface area contributed by atoms with Crippen LogP contribution in [-0.2, 0) is 6.42 Å². The van der Waals surface area contributed by atoms with E-state index in [0.717, 1.165) is 12.0 Å². The molecule has 0 bridgehead atoms. The fraction of sp³-hybridized carbons (Fsp3) is 0.0952. The highest BCUT2D eigenvalue weighted by atomic mass is 19.1. The summed E-state index contributed by atoms with van der Waals surface area (Å²) >= 11 is 0. The normalized spacial score (nSPS) is 10.9. The Kier molecular flexibility index (Phi) is 4.61. The van der Waals surface area contributed by atoms with Crippen molar-refractivity contribution >= 4 is 17.0 Å². The number of pyridine rings is 1. The van der Waals surface area contributed by atoms with Gasteiger partial charge in [0.1, 0.15) is 5.82 Å². The maximum Gasteiger partial charge on any atom is 0.262 e. The van der Waals surface area contributed by atoms with Gasteiger partial charge in [-0.05, 0) is 41.3 Å². The Bertz CT molecular complexity index is 1120. The van der Waals surface area contributed by atoms with E-state index in [4.69, 9.17) is 0 Å². The zero-order chi connectivity index (χ0) is 18.6. The zero-order valence-corrected chi connectivity index (χ0v) is 14.4. The van der Waals surface area contributed by atoms with Crippen molar-refractivity contribution in [3.05, 3.63) is 88.6 Å². The molecule has 0 amide bonds. The first kappa shape index (κ1) is 16.9. The molecule has 0 unspecified atom stereocenters. The zero-order valence-electron chi connectivity index (χ0n) is 14.4. The summed E-state index contributed by atoms with van der Waals surface area (Å²) in [4.78, 5) is 24.1. The molecule has 0 saturated carbocycles. The molecule has 0 aliphatic heterocycles. The van der Waals surface area contributed by atoms with Crippen LogP contribution in [0.15, 0.2) is 71.7 Å². The van der Waals surface area contributed by atoms with E-state index in [0.29, 0.717) is 29.1 Å². The van der Waals surface area contributed by atoms with Gasteiger partial charge < -0.3 is 5.32 Å². The molecular weight excluding hydrogens is 343 g/mol. The molecule has 134 valence electrons. The highest BCUT2D eigenvalue weighted by Crippen LogP contribution is 2.24. The van der Waals surface area contributed by atoms with E-state index < -0.39 is 0 Å². The molecule has 2 aromatic heterocycles. The summed E-state index contributed by atoms with van der Waals surface area (Å²) in [6.07, 6.45) is 2.41. The summed E-state index contributed by atoms with van der Waals surface area (Å²) < 4.78 is 13.2. The van der Waals surface area contributed by atoms with Gasteiger partial charge in [0.2, 0.25) is 5.95 Å². The van der Waals surface area contributed by atoms with Gasteiger partial charge in [0.15, 0.2) is 5.65 Å². The smallest absolute Gasteiger partial charge is 0.262 e. The van der Waals surface area contributed by atoms with Gasteiger partial charge in [-0.1, -0.05) is 42.5 Å². The first-order valence-electron chi connectivity index (χ1n) is 8.63. The average Bonchev–Trinajstić information content (AvgIpc) is 2.69. The number of aromatic nitrogens is 3. The second kappa shape index (κ2) is 7.37. The third-order valence-electron chi connectivity index (χ3n) is 4.31. The Balaban J connectivity index is 1.62. The monoisotopic (exact) mass is 360 g/mol. The molecule has 0 atom stereocenters. The van der Waals surface area contributed by atoms with Crippen LogP contribution in [0.2, 0.25) is 0 Å². The van der Waals surface area contributed by atoms with Gasteiger partial charge in [-0.3, -0.25) is 9.78 Å². The number of fused-ring (bicyclic) bond motifs is 1. The van der Waals surface area contributed by atoms with E-state index >= 15 is 0 Å². The molecule has 0 spiro atoms. The summed E-state index contributed by atoms with van der Waals surface area (Å²) in [5, 5.41) is 3.52. The quantitative estimate of drug-likeness (QED) is 0.568. The van der Waals surface area contributed by atoms with Crippen LogP contribution in [0.4, 0.5) is 10.3 Å². The summed E-state index contributed by atoms with van der Waals surface area (Å²) in [7, 11) is 0. The predicted octanol–water partition coefficient (Wildman–Crippen LogP) is 3.78. The molecule has 6 heteroatoms. The Morgan fingerprint density at radius 1 is 1.00 bits per heavy atom. The molecule has 0 fully saturated rings. The maximum atomic E-state index is 13.2. The van der Waals surface area contributed by atoms with Crippen LogP contribution >= 0.6 is 0 Å². The molecule has 0 aliphatic carbocycles. The molecule has 2 heterocycles. The second-order valence-electron chi connectivity index (χ2n) is 6.14. The van der Waals surface area contributed by atoms with Gasteiger partial charge in [0.25, 0.3) is 5.56 Å². The molecule has 0 saturated heterocycles. The van der Waals surface area contributed by atoms with E-state index in [2.05, 4.69) is 32.4 Å². The number of rotatable bonds is 5. The molecule has 2 aromatic carbocycles. The van der Waals surface area contributed by atoms with Gasteiger partial charge in [0.05, 0.1) is 5.39 Å². The minimum absolute atomic E-state index is 0.283. The van der Waals surface area contributed by atoms with E-state index in [1.54, 1.807) is 24.4 Å². The Morgan fingerprint density at radius 3 is 2.56 bits per heavy atom. The molecule has 4 aromatic rings. The third-order valence-corrected chi connectivity index (χ3v) is 4.31. The lowest BCUT2D eigenvalue weighted by Gasteiger charge is -2.09. The first-order valence-corrected chi connectivity index (χ1v) is 8.63. The van der Waals surface area contributed by atoms with Gasteiger partial charge in [0, 0.05) is 12.7 Å². The van der Waals surface area contributed by atoms with Crippen molar-refractivity contribution in [1.82, 2.24) is 15.0 Å². The first-order chi connectivity index (χ1) is 13.2. The topological polar surface area (TPSA) is 70.7 Å². The number of hydrogen-bond donors (Lipinski definition) is 2. The fourth-order valence-corrected chi connectivity index (χ4v) is 2.99. The van der Waals surface area contributed by atoms with Crippen LogP contribution in [0, 0.1) is 5.82 Å². The van der Waals surface area contributed by atoms with E-state index in [1.165, 1.54) is 17.7 Å². The highest BCUT2D eigenvalue weighted by molar-refractivity contribution is 5.92. The fourth-order valence-electron chi connectivity index (χ4n) is 2.99. The lowest BCUT2D eigenvalue weighted by atomic mass is 10.0. The largest absolute Gasteiger partial charge is 0.355 e.